The van der Waals surface area contributed by atoms with Crippen LogP contribution in [0.1, 0.15) is 27.2 Å². The van der Waals surface area contributed by atoms with Crippen LogP contribution in [0.4, 0.5) is 11.6 Å². The highest BCUT2D eigenvalue weighted by atomic mass is 16.5. The standard InChI is InChI=1S/C17H17N3O2/c1-5-13-11(3)9-16(19-14(13)6-2)20-15-8-7-12(10-18-15)17(21)22-4/h5-10H,1-2H2,3-4H3,(H,18,19,20). The molecule has 0 fully saturated rings. The highest BCUT2D eigenvalue weighted by Crippen LogP contribution is 2.21. The molecule has 2 heterocycles. The summed E-state index contributed by atoms with van der Waals surface area (Å²) in [6.07, 6.45) is 4.89. The summed E-state index contributed by atoms with van der Waals surface area (Å²) in [5.74, 6) is 0.814. The van der Waals surface area contributed by atoms with Crippen LogP contribution in [-0.2, 0) is 4.74 Å². The molecule has 0 aromatic carbocycles. The number of aromatic nitrogens is 2. The number of nitrogens with one attached hydrogen (secondary N) is 1. The van der Waals surface area contributed by atoms with Gasteiger partial charge in [0, 0.05) is 11.8 Å². The summed E-state index contributed by atoms with van der Waals surface area (Å²) in [5.41, 5.74) is 3.14. The van der Waals surface area contributed by atoms with Gasteiger partial charge in [0.25, 0.3) is 0 Å². The Bertz CT molecular complexity index is 721. The Labute approximate surface area is 129 Å². The summed E-state index contributed by atoms with van der Waals surface area (Å²) >= 11 is 0. The third-order valence-electron chi connectivity index (χ3n) is 3.13. The van der Waals surface area contributed by atoms with E-state index in [-0.39, 0.29) is 0 Å². The Morgan fingerprint density at radius 1 is 1.27 bits per heavy atom. The normalized spacial score (nSPS) is 9.91. The van der Waals surface area contributed by atoms with Gasteiger partial charge < -0.3 is 10.1 Å². The zero-order valence-electron chi connectivity index (χ0n) is 12.6. The lowest BCUT2D eigenvalue weighted by Gasteiger charge is -2.10. The smallest absolute Gasteiger partial charge is 0.339 e. The van der Waals surface area contributed by atoms with Gasteiger partial charge in [0.05, 0.1) is 18.4 Å². The second-order valence-corrected chi connectivity index (χ2v) is 4.58. The van der Waals surface area contributed by atoms with Crippen molar-refractivity contribution in [3.63, 3.8) is 0 Å². The quantitative estimate of drug-likeness (QED) is 0.854. The van der Waals surface area contributed by atoms with Gasteiger partial charge in [-0.1, -0.05) is 19.2 Å². The zero-order valence-corrected chi connectivity index (χ0v) is 12.6. The van der Waals surface area contributed by atoms with E-state index in [1.54, 1.807) is 24.3 Å². The number of nitrogens with zero attached hydrogens (tertiary/aromatic N) is 2. The number of hydrogen-bond acceptors (Lipinski definition) is 5. The van der Waals surface area contributed by atoms with Gasteiger partial charge in [-0.05, 0) is 36.8 Å². The number of carbonyl (C=O) groups excluding carboxylic acids is 1. The highest BCUT2D eigenvalue weighted by molar-refractivity contribution is 5.89. The predicted molar refractivity (Wildman–Crippen MR) is 88.0 cm³/mol. The van der Waals surface area contributed by atoms with Crippen LogP contribution in [0.15, 0.2) is 37.6 Å². The zero-order chi connectivity index (χ0) is 16.1. The molecule has 0 saturated heterocycles. The van der Waals surface area contributed by atoms with Crippen LogP contribution in [0.5, 0.6) is 0 Å². The first-order chi connectivity index (χ1) is 10.6. The minimum atomic E-state index is -0.419. The molecule has 0 atom stereocenters. The Hall–Kier alpha value is -2.95. The van der Waals surface area contributed by atoms with Crippen molar-refractivity contribution in [3.05, 3.63) is 59.9 Å². The van der Waals surface area contributed by atoms with Crippen LogP contribution in [0, 0.1) is 6.92 Å². The van der Waals surface area contributed by atoms with E-state index in [4.69, 9.17) is 0 Å². The molecule has 0 amide bonds. The van der Waals surface area contributed by atoms with Crippen molar-refractivity contribution in [2.75, 3.05) is 12.4 Å². The molecular weight excluding hydrogens is 278 g/mol. The molecule has 2 aromatic heterocycles. The number of carbonyl (C=O) groups is 1. The number of ether oxygens (including phenoxy) is 1. The summed E-state index contributed by atoms with van der Waals surface area (Å²) in [6, 6.07) is 5.23. The van der Waals surface area contributed by atoms with Gasteiger partial charge in [-0.2, -0.15) is 0 Å². The molecule has 2 aromatic rings. The van der Waals surface area contributed by atoms with Gasteiger partial charge in [0.1, 0.15) is 11.6 Å². The Kier molecular flexibility index (Phi) is 4.68. The van der Waals surface area contributed by atoms with Crippen LogP contribution < -0.4 is 5.32 Å². The van der Waals surface area contributed by atoms with E-state index in [9.17, 15) is 4.79 Å². The van der Waals surface area contributed by atoms with E-state index in [2.05, 4.69) is 33.2 Å². The van der Waals surface area contributed by atoms with Gasteiger partial charge in [0.15, 0.2) is 0 Å². The Balaban J connectivity index is 2.27. The Morgan fingerprint density at radius 3 is 2.59 bits per heavy atom. The summed E-state index contributed by atoms with van der Waals surface area (Å²) < 4.78 is 4.63. The first-order valence-electron chi connectivity index (χ1n) is 6.67. The molecule has 0 aliphatic rings. The van der Waals surface area contributed by atoms with Gasteiger partial charge in [-0.3, -0.25) is 0 Å². The molecule has 112 valence electrons. The molecule has 22 heavy (non-hydrogen) atoms. The molecule has 0 bridgehead atoms. The SMILES string of the molecule is C=Cc1nc(Nc2ccc(C(=O)OC)cn2)cc(C)c1C=C. The van der Waals surface area contributed by atoms with Crippen LogP contribution in [-0.4, -0.2) is 23.0 Å². The molecule has 5 nitrogen and oxygen atoms in total. The van der Waals surface area contributed by atoms with Crippen molar-refractivity contribution in [3.8, 4) is 0 Å². The van der Waals surface area contributed by atoms with E-state index in [1.165, 1.54) is 13.3 Å². The van der Waals surface area contributed by atoms with E-state index >= 15 is 0 Å². The fourth-order valence-corrected chi connectivity index (χ4v) is 2.03. The molecule has 0 unspecified atom stereocenters. The van der Waals surface area contributed by atoms with Crippen molar-refractivity contribution < 1.29 is 9.53 Å². The van der Waals surface area contributed by atoms with Crippen molar-refractivity contribution in [1.29, 1.82) is 0 Å². The largest absolute Gasteiger partial charge is 0.465 e. The average molecular weight is 295 g/mol. The highest BCUT2D eigenvalue weighted by Gasteiger charge is 2.08. The van der Waals surface area contributed by atoms with Crippen molar-refractivity contribution in [2.45, 2.75) is 6.92 Å². The van der Waals surface area contributed by atoms with E-state index in [0.717, 1.165) is 16.8 Å². The van der Waals surface area contributed by atoms with Crippen LogP contribution in [0.25, 0.3) is 12.2 Å². The summed E-state index contributed by atoms with van der Waals surface area (Å²) in [5, 5.41) is 3.10. The molecule has 0 saturated carbocycles. The molecule has 2 rings (SSSR count). The predicted octanol–water partition coefficient (Wildman–Crippen LogP) is 3.60. The van der Waals surface area contributed by atoms with Crippen LogP contribution in [0.3, 0.4) is 0 Å². The Morgan fingerprint density at radius 2 is 2.05 bits per heavy atom. The minimum absolute atomic E-state index is 0.394. The lowest BCUT2D eigenvalue weighted by Crippen LogP contribution is -2.04. The maximum absolute atomic E-state index is 11.4. The van der Waals surface area contributed by atoms with E-state index in [1.807, 2.05) is 13.0 Å². The summed E-state index contributed by atoms with van der Waals surface area (Å²) in [4.78, 5) is 20.0. The molecule has 1 N–H and O–H groups in total. The van der Waals surface area contributed by atoms with Crippen molar-refractivity contribution in [1.82, 2.24) is 9.97 Å². The fourth-order valence-electron chi connectivity index (χ4n) is 2.03. The summed E-state index contributed by atoms with van der Waals surface area (Å²) in [6.45, 7) is 9.52. The molecule has 5 heteroatoms. The molecular formula is C17H17N3O2. The number of anilines is 2. The monoisotopic (exact) mass is 295 g/mol. The number of methoxy groups -OCH3 is 1. The maximum Gasteiger partial charge on any atom is 0.339 e. The van der Waals surface area contributed by atoms with Gasteiger partial charge in [-0.25, -0.2) is 14.8 Å². The molecule has 0 spiro atoms. The first-order valence-corrected chi connectivity index (χ1v) is 6.67. The minimum Gasteiger partial charge on any atom is -0.465 e. The molecule has 0 aliphatic carbocycles. The number of esters is 1. The number of pyridine rings is 2. The molecule has 0 aliphatic heterocycles. The number of rotatable bonds is 5. The second kappa shape index (κ2) is 6.67. The average Bonchev–Trinajstić information content (AvgIpc) is 2.54. The topological polar surface area (TPSA) is 64.1 Å². The molecule has 0 radical (unpaired) electrons. The third-order valence-corrected chi connectivity index (χ3v) is 3.13. The van der Waals surface area contributed by atoms with Gasteiger partial charge in [-0.15, -0.1) is 0 Å². The fraction of sp³-hybridized carbons (Fsp3) is 0.118. The second-order valence-electron chi connectivity index (χ2n) is 4.58. The van der Waals surface area contributed by atoms with Crippen LogP contribution in [0.2, 0.25) is 0 Å². The lowest BCUT2D eigenvalue weighted by molar-refractivity contribution is 0.0600. The number of hydrogen-bond donors (Lipinski definition) is 1. The summed E-state index contributed by atoms with van der Waals surface area (Å²) in [7, 11) is 1.33. The lowest BCUT2D eigenvalue weighted by atomic mass is 10.1. The first kappa shape index (κ1) is 15.4. The maximum atomic E-state index is 11.4. The van der Waals surface area contributed by atoms with E-state index < -0.39 is 5.97 Å². The van der Waals surface area contributed by atoms with Crippen molar-refractivity contribution in [2.24, 2.45) is 0 Å². The van der Waals surface area contributed by atoms with Gasteiger partial charge >= 0.3 is 5.97 Å². The van der Waals surface area contributed by atoms with Crippen LogP contribution >= 0.6 is 0 Å². The van der Waals surface area contributed by atoms with Crippen molar-refractivity contribution >= 4 is 29.8 Å². The third kappa shape index (κ3) is 3.20. The van der Waals surface area contributed by atoms with Gasteiger partial charge in [0.2, 0.25) is 0 Å². The van der Waals surface area contributed by atoms with E-state index in [0.29, 0.717) is 17.2 Å². The number of aryl methyl sites for hydroxylation is 1.